The molecule has 2 unspecified atom stereocenters. The third-order valence-corrected chi connectivity index (χ3v) is 4.68. The number of rotatable bonds is 7. The van der Waals surface area contributed by atoms with Gasteiger partial charge in [-0.25, -0.2) is 0 Å². The van der Waals surface area contributed by atoms with E-state index >= 15 is 0 Å². The Balaban J connectivity index is 2.20. The van der Waals surface area contributed by atoms with Crippen molar-refractivity contribution < 1.29 is 0 Å². The van der Waals surface area contributed by atoms with Gasteiger partial charge in [-0.15, -0.1) is 0 Å². The number of nitrogens with zero attached hydrogens (tertiary/aromatic N) is 2. The van der Waals surface area contributed by atoms with E-state index in [1.807, 2.05) is 7.05 Å². The summed E-state index contributed by atoms with van der Waals surface area (Å²) in [5.41, 5.74) is 4.87. The lowest BCUT2D eigenvalue weighted by Gasteiger charge is -2.28. The first kappa shape index (κ1) is 16.9. The van der Waals surface area contributed by atoms with Crippen molar-refractivity contribution >= 4 is 11.4 Å². The van der Waals surface area contributed by atoms with E-state index in [0.717, 1.165) is 12.3 Å². The highest BCUT2D eigenvalue weighted by Gasteiger charge is 2.28. The van der Waals surface area contributed by atoms with Crippen LogP contribution in [0.25, 0.3) is 0 Å². The Bertz CT molecular complexity index is 528. The van der Waals surface area contributed by atoms with E-state index in [1.165, 1.54) is 42.5 Å². The molecule has 1 aliphatic rings. The maximum Gasteiger partial charge on any atom is 0.0739 e. The lowest BCUT2D eigenvalue weighted by Crippen LogP contribution is -2.30. The maximum absolute atomic E-state index is 4.56. The highest BCUT2D eigenvalue weighted by Crippen LogP contribution is 2.29. The van der Waals surface area contributed by atoms with Crippen molar-refractivity contribution in [3.05, 3.63) is 35.4 Å². The smallest absolute Gasteiger partial charge is 0.0739 e. The summed E-state index contributed by atoms with van der Waals surface area (Å²) in [6.45, 7) is 7.56. The van der Waals surface area contributed by atoms with Crippen molar-refractivity contribution in [2.45, 2.75) is 53.0 Å². The Hall–Kier alpha value is -1.48. The van der Waals surface area contributed by atoms with Gasteiger partial charge in [0.1, 0.15) is 0 Å². The molecule has 0 radical (unpaired) electrons. The molecule has 1 aromatic rings. The summed E-state index contributed by atoms with van der Waals surface area (Å²) in [7, 11) is 1.97. The lowest BCUT2D eigenvalue weighted by molar-refractivity contribution is 0.488. The first-order valence-electron chi connectivity index (χ1n) is 8.53. The van der Waals surface area contributed by atoms with E-state index in [2.05, 4.69) is 60.6 Å². The van der Waals surface area contributed by atoms with Gasteiger partial charge in [0.15, 0.2) is 0 Å². The summed E-state index contributed by atoms with van der Waals surface area (Å²) in [6.07, 6.45) is 5.04. The zero-order valence-corrected chi connectivity index (χ0v) is 14.4. The molecule has 0 saturated carbocycles. The summed E-state index contributed by atoms with van der Waals surface area (Å²) in [5.74, 6) is 0.987. The summed E-state index contributed by atoms with van der Waals surface area (Å²) < 4.78 is 0. The second kappa shape index (κ2) is 8.23. The third kappa shape index (κ3) is 4.04. The van der Waals surface area contributed by atoms with Gasteiger partial charge in [0.25, 0.3) is 0 Å². The first-order valence-corrected chi connectivity index (χ1v) is 8.53. The minimum atomic E-state index is 0.487. The van der Waals surface area contributed by atoms with Crippen LogP contribution in [-0.4, -0.2) is 18.5 Å². The molecule has 3 heteroatoms. The fourth-order valence-electron chi connectivity index (χ4n) is 3.10. The molecule has 1 aromatic carbocycles. The quantitative estimate of drug-likeness (QED) is 0.744. The van der Waals surface area contributed by atoms with E-state index in [9.17, 15) is 0 Å². The standard InChI is InChI=1S/C19H29N3/c1-5-6-7-8-18-14(2)15(3)21-22-19(18)17-11-9-16(10-12-17)13-20-4/h9-12,14,18,20H,5-8,13H2,1-4H3. The van der Waals surface area contributed by atoms with Crippen LogP contribution in [0.1, 0.15) is 57.6 Å². The first-order chi connectivity index (χ1) is 10.7. The molecule has 1 aliphatic heterocycles. The molecule has 1 heterocycles. The van der Waals surface area contributed by atoms with Gasteiger partial charge < -0.3 is 5.32 Å². The summed E-state index contributed by atoms with van der Waals surface area (Å²) in [4.78, 5) is 0. The summed E-state index contributed by atoms with van der Waals surface area (Å²) in [5, 5.41) is 12.1. The van der Waals surface area contributed by atoms with Crippen molar-refractivity contribution in [2.75, 3.05) is 7.05 Å². The van der Waals surface area contributed by atoms with E-state index in [-0.39, 0.29) is 0 Å². The minimum Gasteiger partial charge on any atom is -0.316 e. The fraction of sp³-hybridized carbons (Fsp3) is 0.579. The summed E-state index contributed by atoms with van der Waals surface area (Å²) in [6, 6.07) is 8.77. The Morgan fingerprint density at radius 1 is 1.09 bits per heavy atom. The largest absolute Gasteiger partial charge is 0.316 e. The Kier molecular flexibility index (Phi) is 6.32. The van der Waals surface area contributed by atoms with Gasteiger partial charge in [0.05, 0.1) is 5.71 Å². The second-order valence-electron chi connectivity index (χ2n) is 6.34. The number of hydrogen-bond acceptors (Lipinski definition) is 3. The van der Waals surface area contributed by atoms with Gasteiger partial charge in [-0.2, -0.15) is 10.2 Å². The van der Waals surface area contributed by atoms with Gasteiger partial charge >= 0.3 is 0 Å². The van der Waals surface area contributed by atoms with Crippen LogP contribution in [0.5, 0.6) is 0 Å². The van der Waals surface area contributed by atoms with E-state index in [0.29, 0.717) is 11.8 Å². The molecule has 0 aliphatic carbocycles. The Morgan fingerprint density at radius 2 is 1.82 bits per heavy atom. The molecular weight excluding hydrogens is 270 g/mol. The Morgan fingerprint density at radius 3 is 2.45 bits per heavy atom. The number of unbranched alkanes of at least 4 members (excludes halogenated alkanes) is 2. The normalized spacial score (nSPS) is 21.5. The molecule has 0 fully saturated rings. The van der Waals surface area contributed by atoms with Gasteiger partial charge in [-0.05, 0) is 31.5 Å². The maximum atomic E-state index is 4.56. The van der Waals surface area contributed by atoms with Crippen LogP contribution in [0.3, 0.4) is 0 Å². The van der Waals surface area contributed by atoms with Crippen LogP contribution >= 0.6 is 0 Å². The van der Waals surface area contributed by atoms with Crippen molar-refractivity contribution in [1.29, 1.82) is 0 Å². The molecule has 3 nitrogen and oxygen atoms in total. The van der Waals surface area contributed by atoms with Crippen LogP contribution in [-0.2, 0) is 6.54 Å². The molecule has 0 bridgehead atoms. The summed E-state index contributed by atoms with van der Waals surface area (Å²) >= 11 is 0. The average molecular weight is 299 g/mol. The fourth-order valence-corrected chi connectivity index (χ4v) is 3.10. The average Bonchev–Trinajstić information content (AvgIpc) is 2.53. The zero-order chi connectivity index (χ0) is 15.9. The molecule has 2 rings (SSSR count). The topological polar surface area (TPSA) is 36.8 Å². The molecule has 1 N–H and O–H groups in total. The van der Waals surface area contributed by atoms with Crippen LogP contribution in [0.2, 0.25) is 0 Å². The molecule has 0 spiro atoms. The van der Waals surface area contributed by atoms with Crippen LogP contribution in [0, 0.1) is 11.8 Å². The van der Waals surface area contributed by atoms with Crippen molar-refractivity contribution in [3.63, 3.8) is 0 Å². The van der Waals surface area contributed by atoms with Gasteiger partial charge in [0.2, 0.25) is 0 Å². The van der Waals surface area contributed by atoms with E-state index < -0.39 is 0 Å². The van der Waals surface area contributed by atoms with Gasteiger partial charge in [-0.1, -0.05) is 57.4 Å². The molecule has 2 atom stereocenters. The SMILES string of the molecule is CCCCCC1C(c2ccc(CNC)cc2)=NN=C(C)C1C. The monoisotopic (exact) mass is 299 g/mol. The highest BCUT2D eigenvalue weighted by molar-refractivity contribution is 6.06. The molecular formula is C19H29N3. The number of nitrogens with one attached hydrogen (secondary N) is 1. The minimum absolute atomic E-state index is 0.487. The molecule has 0 saturated heterocycles. The van der Waals surface area contributed by atoms with E-state index in [4.69, 9.17) is 0 Å². The predicted octanol–water partition coefficient (Wildman–Crippen LogP) is 4.42. The zero-order valence-electron chi connectivity index (χ0n) is 14.4. The lowest BCUT2D eigenvalue weighted by atomic mass is 9.79. The Labute approximate surface area is 134 Å². The molecule has 0 aromatic heterocycles. The predicted molar refractivity (Wildman–Crippen MR) is 95.6 cm³/mol. The highest BCUT2D eigenvalue weighted by atomic mass is 15.2. The van der Waals surface area contributed by atoms with Crippen molar-refractivity contribution in [1.82, 2.24) is 5.32 Å². The number of hydrogen-bond donors (Lipinski definition) is 1. The molecule has 120 valence electrons. The molecule has 0 amide bonds. The second-order valence-corrected chi connectivity index (χ2v) is 6.34. The van der Waals surface area contributed by atoms with Gasteiger partial charge in [0, 0.05) is 24.1 Å². The van der Waals surface area contributed by atoms with E-state index in [1.54, 1.807) is 0 Å². The van der Waals surface area contributed by atoms with Crippen molar-refractivity contribution in [3.8, 4) is 0 Å². The van der Waals surface area contributed by atoms with Crippen molar-refractivity contribution in [2.24, 2.45) is 22.0 Å². The van der Waals surface area contributed by atoms with Gasteiger partial charge in [-0.3, -0.25) is 0 Å². The third-order valence-electron chi connectivity index (χ3n) is 4.68. The van der Waals surface area contributed by atoms with Crippen LogP contribution < -0.4 is 5.32 Å². The van der Waals surface area contributed by atoms with Crippen LogP contribution in [0.15, 0.2) is 34.5 Å². The molecule has 22 heavy (non-hydrogen) atoms. The van der Waals surface area contributed by atoms with Crippen LogP contribution in [0.4, 0.5) is 0 Å². The number of benzene rings is 1.